The summed E-state index contributed by atoms with van der Waals surface area (Å²) in [5.74, 6) is 0.117. The quantitative estimate of drug-likeness (QED) is 0.372. The third kappa shape index (κ3) is 5.03. The molecule has 0 unspecified atom stereocenters. The first-order chi connectivity index (χ1) is 14.0. The van der Waals surface area contributed by atoms with Gasteiger partial charge in [-0.25, -0.2) is 4.79 Å². The van der Waals surface area contributed by atoms with Crippen LogP contribution in [0.15, 0.2) is 36.9 Å². The number of anilines is 1. The molecule has 0 bridgehead atoms. The second-order valence-electron chi connectivity index (χ2n) is 8.38. The van der Waals surface area contributed by atoms with Gasteiger partial charge in [-0.1, -0.05) is 42.5 Å². The van der Waals surface area contributed by atoms with Crippen LogP contribution < -0.4 is 10.5 Å². The van der Waals surface area contributed by atoms with Crippen LogP contribution in [0.4, 0.5) is 5.69 Å². The largest absolute Gasteiger partial charge is 0.487 e. The molecule has 5 heteroatoms. The Kier molecular flexibility index (Phi) is 7.32. The van der Waals surface area contributed by atoms with E-state index >= 15 is 0 Å². The molecule has 2 aromatic rings. The maximum atomic E-state index is 12.8. The normalized spacial score (nSPS) is 12.4. The van der Waals surface area contributed by atoms with Crippen LogP contribution in [0.3, 0.4) is 0 Å². The summed E-state index contributed by atoms with van der Waals surface area (Å²) in [6.45, 7) is 15.6. The van der Waals surface area contributed by atoms with Crippen molar-refractivity contribution in [3.8, 4) is 16.9 Å². The molecule has 0 fully saturated rings. The van der Waals surface area contributed by atoms with Crippen LogP contribution in [0, 0.1) is 20.8 Å². The summed E-state index contributed by atoms with van der Waals surface area (Å²) in [6.07, 6.45) is 0.744. The van der Waals surface area contributed by atoms with Crippen molar-refractivity contribution >= 4 is 11.7 Å². The van der Waals surface area contributed by atoms with Gasteiger partial charge in [-0.2, -0.15) is 0 Å². The zero-order valence-electron chi connectivity index (χ0n) is 19.1. The van der Waals surface area contributed by atoms with Crippen LogP contribution in [0.2, 0.25) is 0 Å². The average Bonchev–Trinajstić information content (AvgIpc) is 2.68. The lowest BCUT2D eigenvalue weighted by Crippen LogP contribution is -2.29. The van der Waals surface area contributed by atoms with Crippen molar-refractivity contribution in [1.29, 1.82) is 0 Å². The Morgan fingerprint density at radius 2 is 1.73 bits per heavy atom. The fourth-order valence-corrected chi connectivity index (χ4v) is 3.45. The minimum absolute atomic E-state index is 0.329. The highest BCUT2D eigenvalue weighted by atomic mass is 16.6. The van der Waals surface area contributed by atoms with Crippen molar-refractivity contribution in [3.05, 3.63) is 59.2 Å². The summed E-state index contributed by atoms with van der Waals surface area (Å²) in [4.78, 5) is 12.8. The van der Waals surface area contributed by atoms with E-state index in [1.165, 1.54) is 7.11 Å². The lowest BCUT2D eigenvalue weighted by molar-refractivity contribution is -0.164. The van der Waals surface area contributed by atoms with Crippen molar-refractivity contribution in [2.45, 2.75) is 53.2 Å². The van der Waals surface area contributed by atoms with Gasteiger partial charge < -0.3 is 19.9 Å². The van der Waals surface area contributed by atoms with E-state index in [9.17, 15) is 4.79 Å². The first kappa shape index (κ1) is 23.5. The Morgan fingerprint density at radius 3 is 2.23 bits per heavy atom. The molecule has 2 rings (SSSR count). The van der Waals surface area contributed by atoms with Gasteiger partial charge in [0.2, 0.25) is 0 Å². The lowest BCUT2D eigenvalue weighted by atomic mass is 9.86. The number of hydrogen-bond donors (Lipinski definition) is 1. The van der Waals surface area contributed by atoms with E-state index in [1.54, 1.807) is 6.08 Å². The Morgan fingerprint density at radius 1 is 1.13 bits per heavy atom. The van der Waals surface area contributed by atoms with Gasteiger partial charge in [0.25, 0.3) is 0 Å². The summed E-state index contributed by atoms with van der Waals surface area (Å²) in [6, 6.07) is 8.12. The monoisotopic (exact) mass is 411 g/mol. The number of hydrogen-bond acceptors (Lipinski definition) is 5. The van der Waals surface area contributed by atoms with Crippen LogP contribution in [-0.4, -0.2) is 25.3 Å². The van der Waals surface area contributed by atoms with Crippen LogP contribution in [0.25, 0.3) is 11.1 Å². The molecule has 0 spiro atoms. The van der Waals surface area contributed by atoms with Crippen LogP contribution in [0.1, 0.15) is 49.1 Å². The van der Waals surface area contributed by atoms with Gasteiger partial charge in [-0.3, -0.25) is 0 Å². The zero-order valence-corrected chi connectivity index (χ0v) is 19.1. The van der Waals surface area contributed by atoms with E-state index in [-0.39, 0.29) is 0 Å². The first-order valence-electron chi connectivity index (χ1n) is 10.0. The smallest absolute Gasteiger partial charge is 0.339 e. The molecule has 2 N–H and O–H groups in total. The maximum absolute atomic E-state index is 12.8. The number of benzene rings is 2. The van der Waals surface area contributed by atoms with Gasteiger partial charge in [0, 0.05) is 11.1 Å². The average molecular weight is 412 g/mol. The molecule has 0 heterocycles. The summed E-state index contributed by atoms with van der Waals surface area (Å²) in [7, 11) is 1.36. The predicted octanol–water partition coefficient (Wildman–Crippen LogP) is 5.46. The molecule has 0 aliphatic carbocycles. The van der Waals surface area contributed by atoms with Crippen LogP contribution in [-0.2, 0) is 14.3 Å². The zero-order chi connectivity index (χ0) is 22.6. The molecule has 0 saturated heterocycles. The topological polar surface area (TPSA) is 70.8 Å². The number of nitrogen functional groups attached to an aromatic ring is 1. The van der Waals surface area contributed by atoms with Gasteiger partial charge in [-0.15, -0.1) is 0 Å². The summed E-state index contributed by atoms with van der Waals surface area (Å²) in [5, 5.41) is 0. The van der Waals surface area contributed by atoms with Crippen LogP contribution in [0.5, 0.6) is 5.75 Å². The highest BCUT2D eigenvalue weighted by Gasteiger charge is 2.34. The van der Waals surface area contributed by atoms with Crippen molar-refractivity contribution in [1.82, 2.24) is 0 Å². The van der Waals surface area contributed by atoms with E-state index in [0.717, 1.165) is 27.8 Å². The lowest BCUT2D eigenvalue weighted by Gasteiger charge is -2.30. The summed E-state index contributed by atoms with van der Waals surface area (Å²) < 4.78 is 17.2. The molecule has 0 aliphatic heterocycles. The van der Waals surface area contributed by atoms with Gasteiger partial charge in [0.05, 0.1) is 18.4 Å². The maximum Gasteiger partial charge on any atom is 0.339 e. The number of aryl methyl sites for hydroxylation is 1. The van der Waals surface area contributed by atoms with Crippen molar-refractivity contribution < 1.29 is 19.0 Å². The van der Waals surface area contributed by atoms with E-state index < -0.39 is 17.7 Å². The second-order valence-corrected chi connectivity index (χ2v) is 8.38. The van der Waals surface area contributed by atoms with E-state index in [1.807, 2.05) is 65.8 Å². The first-order valence-corrected chi connectivity index (χ1v) is 10.0. The standard InChI is InChI=1S/C25H33NO4/c1-9-14-29-22-17(4)19(18-12-10-15(2)11-13-18)20(16(3)21(22)26)23(24(27)28-8)30-25(5,6)7/h9-13,23H,1,14,26H2,2-8H3/t23-/m0/s1. The highest BCUT2D eigenvalue weighted by molar-refractivity contribution is 5.87. The van der Waals surface area contributed by atoms with Crippen molar-refractivity contribution in [2.24, 2.45) is 0 Å². The number of carbonyl (C=O) groups excluding carboxylic acids is 1. The summed E-state index contributed by atoms with van der Waals surface area (Å²) in [5.41, 5.74) is 11.6. The highest BCUT2D eigenvalue weighted by Crippen LogP contribution is 2.45. The molecule has 0 aliphatic rings. The molecule has 0 radical (unpaired) electrons. The SMILES string of the molecule is C=CCOc1c(C)c(-c2ccc(C)cc2)c([C@H](OC(C)(C)C)C(=O)OC)c(C)c1N. The minimum Gasteiger partial charge on any atom is -0.487 e. The molecule has 30 heavy (non-hydrogen) atoms. The molecular formula is C25H33NO4. The number of rotatable bonds is 7. The third-order valence-electron chi connectivity index (χ3n) is 4.87. The van der Waals surface area contributed by atoms with Crippen molar-refractivity contribution in [3.63, 3.8) is 0 Å². The number of carbonyl (C=O) groups is 1. The number of ether oxygens (including phenoxy) is 3. The van der Waals surface area contributed by atoms with Gasteiger partial charge in [-0.05, 0) is 58.2 Å². The predicted molar refractivity (Wildman–Crippen MR) is 122 cm³/mol. The molecule has 162 valence electrons. The Bertz CT molecular complexity index is 924. The third-order valence-corrected chi connectivity index (χ3v) is 4.87. The number of nitrogens with two attached hydrogens (primary N) is 1. The molecule has 2 aromatic carbocycles. The molecule has 1 atom stereocenters. The van der Waals surface area contributed by atoms with Crippen molar-refractivity contribution in [2.75, 3.05) is 19.5 Å². The minimum atomic E-state index is -0.930. The van der Waals surface area contributed by atoms with E-state index in [0.29, 0.717) is 23.6 Å². The second kappa shape index (κ2) is 9.35. The Balaban J connectivity index is 2.89. The molecule has 0 saturated carbocycles. The number of esters is 1. The Labute approximate surface area is 179 Å². The van der Waals surface area contributed by atoms with E-state index in [4.69, 9.17) is 19.9 Å². The van der Waals surface area contributed by atoms with Gasteiger partial charge >= 0.3 is 5.97 Å². The molecule has 0 aromatic heterocycles. The fourth-order valence-electron chi connectivity index (χ4n) is 3.45. The molecular weight excluding hydrogens is 378 g/mol. The van der Waals surface area contributed by atoms with E-state index in [2.05, 4.69) is 6.58 Å². The summed E-state index contributed by atoms with van der Waals surface area (Å²) >= 11 is 0. The Hall–Kier alpha value is -2.79. The van der Waals surface area contributed by atoms with Gasteiger partial charge in [0.1, 0.15) is 12.4 Å². The number of methoxy groups -OCH3 is 1. The molecule has 5 nitrogen and oxygen atoms in total. The van der Waals surface area contributed by atoms with Crippen LogP contribution >= 0.6 is 0 Å². The van der Waals surface area contributed by atoms with Gasteiger partial charge in [0.15, 0.2) is 6.10 Å². The molecule has 0 amide bonds. The fraction of sp³-hybridized carbons (Fsp3) is 0.400.